The van der Waals surface area contributed by atoms with Gasteiger partial charge in [0.05, 0.1) is 14.2 Å². The Balaban J connectivity index is 1.47. The minimum atomic E-state index is -3.58. The molecular weight excluding hydrogens is 378 g/mol. The molecule has 0 unspecified atom stereocenters. The highest BCUT2D eigenvalue weighted by molar-refractivity contribution is 7.90. The van der Waals surface area contributed by atoms with Gasteiger partial charge >= 0.3 is 0 Å². The van der Waals surface area contributed by atoms with Crippen molar-refractivity contribution >= 4 is 15.9 Å². The van der Waals surface area contributed by atoms with Crippen molar-refractivity contribution in [1.82, 2.24) is 9.80 Å². The maximum Gasteiger partial charge on any atom is 0.285 e. The second-order valence-corrected chi connectivity index (χ2v) is 8.40. The summed E-state index contributed by atoms with van der Waals surface area (Å²) in [5.41, 5.74) is 1.77. The van der Waals surface area contributed by atoms with Crippen molar-refractivity contribution in [3.05, 3.63) is 53.6 Å². The summed E-state index contributed by atoms with van der Waals surface area (Å²) in [4.78, 5) is 4.68. The van der Waals surface area contributed by atoms with E-state index >= 15 is 0 Å². The number of hydrogen-bond donors (Lipinski definition) is 0. The molecule has 0 spiro atoms. The molecule has 0 aliphatic carbocycles. The van der Waals surface area contributed by atoms with E-state index in [1.54, 1.807) is 26.4 Å². The Labute approximate surface area is 165 Å². The summed E-state index contributed by atoms with van der Waals surface area (Å²) in [5, 5.41) is 0. The van der Waals surface area contributed by atoms with E-state index in [4.69, 9.17) is 9.47 Å². The SMILES string of the molecule is COc1ccc(OC)c(CN2CCN(C3=NS(=O)(=O)c4ccccc43)CC2)c1. The van der Waals surface area contributed by atoms with Crippen molar-refractivity contribution < 1.29 is 17.9 Å². The summed E-state index contributed by atoms with van der Waals surface area (Å²) in [6.07, 6.45) is 0. The van der Waals surface area contributed by atoms with Gasteiger partial charge in [-0.3, -0.25) is 4.90 Å². The van der Waals surface area contributed by atoms with Gasteiger partial charge in [0, 0.05) is 43.9 Å². The molecule has 0 N–H and O–H groups in total. The number of piperazine rings is 1. The van der Waals surface area contributed by atoms with Gasteiger partial charge in [-0.05, 0) is 30.3 Å². The van der Waals surface area contributed by atoms with Crippen molar-refractivity contribution in [2.45, 2.75) is 11.4 Å². The monoisotopic (exact) mass is 401 g/mol. The van der Waals surface area contributed by atoms with Gasteiger partial charge < -0.3 is 14.4 Å². The molecular formula is C20H23N3O4S. The third-order valence-electron chi connectivity index (χ3n) is 5.17. The lowest BCUT2D eigenvalue weighted by molar-refractivity contribution is 0.174. The number of nitrogens with zero attached hydrogens (tertiary/aromatic N) is 3. The quantitative estimate of drug-likeness (QED) is 0.780. The number of methoxy groups -OCH3 is 2. The summed E-state index contributed by atoms with van der Waals surface area (Å²) in [6.45, 7) is 3.79. The van der Waals surface area contributed by atoms with Crippen LogP contribution in [0.3, 0.4) is 0 Å². The van der Waals surface area contributed by atoms with Gasteiger partial charge in [-0.15, -0.1) is 4.40 Å². The molecule has 28 heavy (non-hydrogen) atoms. The normalized spacial score (nSPS) is 18.5. The molecule has 1 fully saturated rings. The summed E-state index contributed by atoms with van der Waals surface area (Å²) in [5.74, 6) is 2.20. The number of ether oxygens (including phenoxy) is 2. The molecule has 0 aromatic heterocycles. The average molecular weight is 401 g/mol. The number of amidine groups is 1. The van der Waals surface area contributed by atoms with Crippen LogP contribution in [0.1, 0.15) is 11.1 Å². The Morgan fingerprint density at radius 3 is 2.46 bits per heavy atom. The highest BCUT2D eigenvalue weighted by Crippen LogP contribution is 2.29. The topological polar surface area (TPSA) is 71.4 Å². The molecule has 4 rings (SSSR count). The van der Waals surface area contributed by atoms with Crippen LogP contribution in [-0.2, 0) is 16.6 Å². The van der Waals surface area contributed by atoms with E-state index in [-0.39, 0.29) is 0 Å². The fourth-order valence-corrected chi connectivity index (χ4v) is 4.91. The first kappa shape index (κ1) is 18.8. The highest BCUT2D eigenvalue weighted by atomic mass is 32.2. The number of benzene rings is 2. The molecule has 1 saturated heterocycles. The molecule has 2 heterocycles. The van der Waals surface area contributed by atoms with Crippen LogP contribution in [0.5, 0.6) is 11.5 Å². The van der Waals surface area contributed by atoms with Gasteiger partial charge in [0.1, 0.15) is 16.4 Å². The van der Waals surface area contributed by atoms with Crippen LogP contribution in [-0.4, -0.2) is 64.5 Å². The Bertz CT molecular complexity index is 1010. The van der Waals surface area contributed by atoms with Gasteiger partial charge in [0.15, 0.2) is 5.84 Å². The third kappa shape index (κ3) is 3.45. The number of hydrogen-bond acceptors (Lipinski definition) is 6. The molecule has 0 amide bonds. The highest BCUT2D eigenvalue weighted by Gasteiger charge is 2.32. The van der Waals surface area contributed by atoms with Gasteiger partial charge in [0.25, 0.3) is 10.0 Å². The molecule has 0 saturated carbocycles. The summed E-state index contributed by atoms with van der Waals surface area (Å²) in [7, 11) is -0.263. The third-order valence-corrected chi connectivity index (χ3v) is 6.49. The van der Waals surface area contributed by atoms with Crippen LogP contribution in [0.4, 0.5) is 0 Å². The minimum Gasteiger partial charge on any atom is -0.497 e. The van der Waals surface area contributed by atoms with Gasteiger partial charge in [-0.1, -0.05) is 12.1 Å². The lowest BCUT2D eigenvalue weighted by atomic mass is 10.1. The van der Waals surface area contributed by atoms with Crippen LogP contribution in [0.25, 0.3) is 0 Å². The molecule has 2 aliphatic rings. The summed E-state index contributed by atoms with van der Waals surface area (Å²) >= 11 is 0. The van der Waals surface area contributed by atoms with E-state index in [1.165, 1.54) is 0 Å². The Morgan fingerprint density at radius 2 is 1.75 bits per heavy atom. The molecule has 8 heteroatoms. The van der Waals surface area contributed by atoms with Crippen molar-refractivity contribution in [3.63, 3.8) is 0 Å². The molecule has 2 aliphatic heterocycles. The molecule has 0 radical (unpaired) electrons. The number of fused-ring (bicyclic) bond motifs is 1. The molecule has 0 atom stereocenters. The fourth-order valence-electron chi connectivity index (χ4n) is 3.68. The van der Waals surface area contributed by atoms with E-state index in [0.717, 1.165) is 49.8 Å². The molecule has 148 valence electrons. The van der Waals surface area contributed by atoms with Crippen molar-refractivity contribution in [3.8, 4) is 11.5 Å². The van der Waals surface area contributed by atoms with Gasteiger partial charge in [-0.2, -0.15) is 8.42 Å². The first-order chi connectivity index (χ1) is 13.5. The van der Waals surface area contributed by atoms with E-state index in [0.29, 0.717) is 16.3 Å². The smallest absolute Gasteiger partial charge is 0.285 e. The van der Waals surface area contributed by atoms with Crippen LogP contribution in [0.15, 0.2) is 51.8 Å². The van der Waals surface area contributed by atoms with E-state index in [2.05, 4.69) is 14.2 Å². The van der Waals surface area contributed by atoms with Crippen molar-refractivity contribution in [1.29, 1.82) is 0 Å². The molecule has 2 aromatic rings. The maximum atomic E-state index is 12.3. The predicted molar refractivity (Wildman–Crippen MR) is 107 cm³/mol. The van der Waals surface area contributed by atoms with E-state index < -0.39 is 10.0 Å². The Kier molecular flexibility index (Phi) is 4.99. The van der Waals surface area contributed by atoms with E-state index in [1.807, 2.05) is 30.3 Å². The number of rotatable bonds is 4. The minimum absolute atomic E-state index is 0.300. The van der Waals surface area contributed by atoms with Crippen LogP contribution in [0, 0.1) is 0 Å². The largest absolute Gasteiger partial charge is 0.497 e. The zero-order chi connectivity index (χ0) is 19.7. The van der Waals surface area contributed by atoms with Crippen LogP contribution < -0.4 is 9.47 Å². The van der Waals surface area contributed by atoms with E-state index in [9.17, 15) is 8.42 Å². The lowest BCUT2D eigenvalue weighted by Gasteiger charge is -2.36. The molecule has 7 nitrogen and oxygen atoms in total. The zero-order valence-corrected chi connectivity index (χ0v) is 16.8. The Hall–Kier alpha value is -2.58. The standard InChI is InChI=1S/C20H23N3O4S/c1-26-16-7-8-18(27-2)15(13-16)14-22-9-11-23(12-10-22)20-17-5-3-4-6-19(17)28(24,25)21-20/h3-8,13H,9-12,14H2,1-2H3. The van der Waals surface area contributed by atoms with Crippen LogP contribution in [0.2, 0.25) is 0 Å². The second-order valence-electron chi connectivity index (χ2n) is 6.83. The number of sulfonamides is 1. The van der Waals surface area contributed by atoms with Crippen LogP contribution >= 0.6 is 0 Å². The summed E-state index contributed by atoms with van der Waals surface area (Å²) in [6, 6.07) is 12.8. The summed E-state index contributed by atoms with van der Waals surface area (Å²) < 4.78 is 39.4. The van der Waals surface area contributed by atoms with Gasteiger partial charge in [-0.25, -0.2) is 0 Å². The predicted octanol–water partition coefficient (Wildman–Crippen LogP) is 1.97. The first-order valence-corrected chi connectivity index (χ1v) is 10.6. The average Bonchev–Trinajstić information content (AvgIpc) is 3.00. The maximum absolute atomic E-state index is 12.3. The van der Waals surface area contributed by atoms with Gasteiger partial charge in [0.2, 0.25) is 0 Å². The molecule has 0 bridgehead atoms. The Morgan fingerprint density at radius 1 is 1.00 bits per heavy atom. The first-order valence-electron chi connectivity index (χ1n) is 9.14. The van der Waals surface area contributed by atoms with Crippen molar-refractivity contribution in [2.24, 2.45) is 4.40 Å². The second kappa shape index (κ2) is 7.44. The van der Waals surface area contributed by atoms with Crippen molar-refractivity contribution in [2.75, 3.05) is 40.4 Å². The lowest BCUT2D eigenvalue weighted by Crippen LogP contribution is -2.48. The fraction of sp³-hybridized carbons (Fsp3) is 0.350. The molecule has 2 aromatic carbocycles. The zero-order valence-electron chi connectivity index (χ0n) is 16.0.